The van der Waals surface area contributed by atoms with Crippen LogP contribution in [-0.2, 0) is 14.3 Å². The number of benzene rings is 1. The van der Waals surface area contributed by atoms with Gasteiger partial charge in [-0.25, -0.2) is 4.79 Å². The van der Waals surface area contributed by atoms with Gasteiger partial charge < -0.3 is 9.47 Å². The highest BCUT2D eigenvalue weighted by molar-refractivity contribution is 5.89. The van der Waals surface area contributed by atoms with E-state index in [1.165, 1.54) is 0 Å². The lowest BCUT2D eigenvalue weighted by atomic mass is 9.86. The average Bonchev–Trinajstić information content (AvgIpc) is 2.49. The number of esters is 2. The molecule has 0 aliphatic heterocycles. The van der Waals surface area contributed by atoms with Crippen LogP contribution in [0.3, 0.4) is 0 Å². The van der Waals surface area contributed by atoms with Crippen LogP contribution in [0.25, 0.3) is 0 Å². The molecule has 1 aromatic rings. The Morgan fingerprint density at radius 2 is 1.85 bits per heavy atom. The summed E-state index contributed by atoms with van der Waals surface area (Å²) >= 11 is 0. The Balaban J connectivity index is 2.02. The van der Waals surface area contributed by atoms with E-state index >= 15 is 0 Å². The first-order chi connectivity index (χ1) is 9.72. The summed E-state index contributed by atoms with van der Waals surface area (Å²) < 4.78 is 10.6. The fourth-order valence-corrected chi connectivity index (χ4v) is 2.54. The third-order valence-corrected chi connectivity index (χ3v) is 3.56. The Bertz CT molecular complexity index is 455. The van der Waals surface area contributed by atoms with Crippen molar-refractivity contribution in [2.45, 2.75) is 38.7 Å². The largest absolute Gasteiger partial charge is 0.466 e. The molecule has 1 aliphatic rings. The zero-order chi connectivity index (χ0) is 14.4. The maximum absolute atomic E-state index is 12.1. The van der Waals surface area contributed by atoms with Gasteiger partial charge >= 0.3 is 11.9 Å². The molecule has 0 aromatic heterocycles. The number of hydrogen-bond donors (Lipinski definition) is 0. The van der Waals surface area contributed by atoms with Crippen LogP contribution in [0.1, 0.15) is 43.0 Å². The van der Waals surface area contributed by atoms with Gasteiger partial charge in [-0.15, -0.1) is 0 Å². The standard InChI is InChI=1S/C16H20O4/c1-2-19-16(18)13-10-6-7-11-14(13)20-15(17)12-8-4-3-5-9-12/h3-5,8-9,13-14H,2,6-7,10-11H2,1H3/t13-,14-/m1/s1. The summed E-state index contributed by atoms with van der Waals surface area (Å²) in [6.07, 6.45) is 3.04. The van der Waals surface area contributed by atoms with Crippen molar-refractivity contribution in [2.75, 3.05) is 6.61 Å². The third-order valence-electron chi connectivity index (χ3n) is 3.56. The lowest BCUT2D eigenvalue weighted by Gasteiger charge is -2.29. The maximum Gasteiger partial charge on any atom is 0.338 e. The van der Waals surface area contributed by atoms with E-state index < -0.39 is 0 Å². The van der Waals surface area contributed by atoms with Gasteiger partial charge in [-0.1, -0.05) is 24.6 Å². The smallest absolute Gasteiger partial charge is 0.338 e. The van der Waals surface area contributed by atoms with Gasteiger partial charge in [-0.3, -0.25) is 4.79 Å². The summed E-state index contributed by atoms with van der Waals surface area (Å²) in [6.45, 7) is 2.14. The molecular weight excluding hydrogens is 256 g/mol. The number of rotatable bonds is 4. The van der Waals surface area contributed by atoms with Crippen molar-refractivity contribution >= 4 is 11.9 Å². The summed E-state index contributed by atoms with van der Waals surface area (Å²) in [7, 11) is 0. The molecule has 0 radical (unpaired) electrons. The number of hydrogen-bond acceptors (Lipinski definition) is 4. The van der Waals surface area contributed by atoms with E-state index in [0.717, 1.165) is 25.7 Å². The minimum atomic E-state index is -0.369. The number of carbonyl (C=O) groups excluding carboxylic acids is 2. The maximum atomic E-state index is 12.1. The SMILES string of the molecule is CCOC(=O)[C@@H]1CCCC[C@H]1OC(=O)c1ccccc1. The first kappa shape index (κ1) is 14.6. The van der Waals surface area contributed by atoms with E-state index in [1.54, 1.807) is 31.2 Å². The molecule has 0 amide bonds. The van der Waals surface area contributed by atoms with E-state index in [9.17, 15) is 9.59 Å². The van der Waals surface area contributed by atoms with Crippen LogP contribution in [0.4, 0.5) is 0 Å². The first-order valence-electron chi connectivity index (χ1n) is 7.15. The molecular formula is C16H20O4. The molecule has 108 valence electrons. The molecule has 4 heteroatoms. The van der Waals surface area contributed by atoms with Gasteiger partial charge in [0.05, 0.1) is 18.1 Å². The predicted octanol–water partition coefficient (Wildman–Crippen LogP) is 2.97. The fraction of sp³-hybridized carbons (Fsp3) is 0.500. The normalized spacial score (nSPS) is 22.1. The summed E-state index contributed by atoms with van der Waals surface area (Å²) in [5.74, 6) is -0.943. The molecule has 1 saturated carbocycles. The Hall–Kier alpha value is -1.84. The highest BCUT2D eigenvalue weighted by Gasteiger charge is 2.34. The molecule has 2 rings (SSSR count). The summed E-state index contributed by atoms with van der Waals surface area (Å²) in [5, 5.41) is 0. The van der Waals surface area contributed by atoms with Crippen LogP contribution in [0, 0.1) is 5.92 Å². The van der Waals surface area contributed by atoms with Crippen molar-refractivity contribution in [1.29, 1.82) is 0 Å². The van der Waals surface area contributed by atoms with E-state index in [1.807, 2.05) is 6.07 Å². The summed E-state index contributed by atoms with van der Waals surface area (Å²) in [4.78, 5) is 24.0. The van der Waals surface area contributed by atoms with Crippen molar-refractivity contribution in [3.8, 4) is 0 Å². The second-order valence-corrected chi connectivity index (χ2v) is 4.95. The topological polar surface area (TPSA) is 52.6 Å². The number of carbonyl (C=O) groups is 2. The quantitative estimate of drug-likeness (QED) is 0.793. The van der Waals surface area contributed by atoms with E-state index in [2.05, 4.69) is 0 Å². The zero-order valence-electron chi connectivity index (χ0n) is 11.7. The van der Waals surface area contributed by atoms with E-state index in [-0.39, 0.29) is 24.0 Å². The highest BCUT2D eigenvalue weighted by Crippen LogP contribution is 2.28. The van der Waals surface area contributed by atoms with E-state index in [0.29, 0.717) is 12.2 Å². The Kier molecular flexibility index (Phi) is 5.16. The summed E-state index contributed by atoms with van der Waals surface area (Å²) in [5.41, 5.74) is 0.515. The van der Waals surface area contributed by atoms with Crippen molar-refractivity contribution in [2.24, 2.45) is 5.92 Å². The van der Waals surface area contributed by atoms with E-state index in [4.69, 9.17) is 9.47 Å². The minimum absolute atomic E-state index is 0.252. The van der Waals surface area contributed by atoms with Crippen LogP contribution in [-0.4, -0.2) is 24.6 Å². The highest BCUT2D eigenvalue weighted by atomic mass is 16.6. The van der Waals surface area contributed by atoms with Gasteiger partial charge in [0.25, 0.3) is 0 Å². The van der Waals surface area contributed by atoms with Crippen molar-refractivity contribution in [3.63, 3.8) is 0 Å². The monoisotopic (exact) mass is 276 g/mol. The molecule has 0 N–H and O–H groups in total. The van der Waals surface area contributed by atoms with Gasteiger partial charge in [0.15, 0.2) is 0 Å². The molecule has 1 fully saturated rings. The van der Waals surface area contributed by atoms with Crippen molar-refractivity contribution in [1.82, 2.24) is 0 Å². The van der Waals surface area contributed by atoms with Gasteiger partial charge in [0.1, 0.15) is 6.10 Å². The fourth-order valence-electron chi connectivity index (χ4n) is 2.54. The predicted molar refractivity (Wildman–Crippen MR) is 74.2 cm³/mol. The van der Waals surface area contributed by atoms with Gasteiger partial charge in [-0.05, 0) is 38.3 Å². The van der Waals surface area contributed by atoms with Crippen molar-refractivity contribution in [3.05, 3.63) is 35.9 Å². The van der Waals surface area contributed by atoms with Crippen LogP contribution in [0.5, 0.6) is 0 Å². The Morgan fingerprint density at radius 3 is 2.55 bits per heavy atom. The lowest BCUT2D eigenvalue weighted by Crippen LogP contribution is -2.36. The Labute approximate surface area is 119 Å². The summed E-state index contributed by atoms with van der Waals surface area (Å²) in [6, 6.07) is 8.86. The van der Waals surface area contributed by atoms with Gasteiger partial charge in [0, 0.05) is 0 Å². The van der Waals surface area contributed by atoms with Crippen LogP contribution in [0.15, 0.2) is 30.3 Å². The minimum Gasteiger partial charge on any atom is -0.466 e. The second kappa shape index (κ2) is 7.08. The third kappa shape index (κ3) is 3.59. The van der Waals surface area contributed by atoms with Gasteiger partial charge in [0.2, 0.25) is 0 Å². The molecule has 0 saturated heterocycles. The molecule has 2 atom stereocenters. The molecule has 20 heavy (non-hydrogen) atoms. The van der Waals surface area contributed by atoms with Gasteiger partial charge in [-0.2, -0.15) is 0 Å². The zero-order valence-corrected chi connectivity index (χ0v) is 11.7. The van der Waals surface area contributed by atoms with Crippen molar-refractivity contribution < 1.29 is 19.1 Å². The lowest BCUT2D eigenvalue weighted by molar-refractivity contribution is -0.153. The first-order valence-corrected chi connectivity index (χ1v) is 7.15. The molecule has 0 bridgehead atoms. The molecule has 4 nitrogen and oxygen atoms in total. The Morgan fingerprint density at radius 1 is 1.15 bits per heavy atom. The molecule has 0 unspecified atom stereocenters. The van der Waals surface area contributed by atoms with Crippen LogP contribution < -0.4 is 0 Å². The van der Waals surface area contributed by atoms with Crippen LogP contribution in [0.2, 0.25) is 0 Å². The second-order valence-electron chi connectivity index (χ2n) is 4.95. The van der Waals surface area contributed by atoms with Crippen LogP contribution >= 0.6 is 0 Å². The number of ether oxygens (including phenoxy) is 2. The molecule has 1 aromatic carbocycles. The molecule has 1 aliphatic carbocycles. The average molecular weight is 276 g/mol. The molecule has 0 spiro atoms. The molecule has 0 heterocycles.